The second kappa shape index (κ2) is 4.51. The molecule has 76 valence electrons. The molecule has 14 heavy (non-hydrogen) atoms. The number of hydrogen-bond acceptors (Lipinski definition) is 4. The van der Waals surface area contributed by atoms with Gasteiger partial charge >= 0.3 is 0 Å². The van der Waals surface area contributed by atoms with E-state index in [0.29, 0.717) is 5.82 Å². The van der Waals surface area contributed by atoms with Crippen LogP contribution in [-0.2, 0) is 4.79 Å². The van der Waals surface area contributed by atoms with E-state index >= 15 is 0 Å². The molecule has 0 spiro atoms. The normalized spacial score (nSPS) is 17.3. The molecule has 0 atom stereocenters. The highest BCUT2D eigenvalue weighted by molar-refractivity contribution is 5.97. The zero-order valence-corrected chi connectivity index (χ0v) is 8.21. The first-order valence-corrected chi connectivity index (χ1v) is 4.57. The number of hydrogen-bond donors (Lipinski definition) is 2. The Balaban J connectivity index is 2.87. The standard InChI is InChI=1S/C9H14N4O/c1-12-9(14)7(6-10)8(11)13-4-2-3-5-13/h2-5,11H2,1H3,(H,12,14)/b8-7+. The molecular weight excluding hydrogens is 180 g/mol. The predicted octanol–water partition coefficient (Wildman–Crippen LogP) is -0.478. The molecule has 0 aromatic rings. The summed E-state index contributed by atoms with van der Waals surface area (Å²) in [5.74, 6) is -0.124. The van der Waals surface area contributed by atoms with Gasteiger partial charge in [-0.2, -0.15) is 5.26 Å². The van der Waals surface area contributed by atoms with Crippen molar-refractivity contribution in [2.45, 2.75) is 12.8 Å². The van der Waals surface area contributed by atoms with Crippen LogP contribution in [0, 0.1) is 11.3 Å². The van der Waals surface area contributed by atoms with E-state index < -0.39 is 5.91 Å². The van der Waals surface area contributed by atoms with Gasteiger partial charge in [-0.05, 0) is 12.8 Å². The fraction of sp³-hybridized carbons (Fsp3) is 0.556. The van der Waals surface area contributed by atoms with Crippen LogP contribution >= 0.6 is 0 Å². The van der Waals surface area contributed by atoms with Gasteiger partial charge in [0, 0.05) is 20.1 Å². The second-order valence-corrected chi connectivity index (χ2v) is 3.15. The fourth-order valence-corrected chi connectivity index (χ4v) is 1.47. The minimum absolute atomic E-state index is 0.00870. The Hall–Kier alpha value is -1.70. The van der Waals surface area contributed by atoms with E-state index in [4.69, 9.17) is 11.0 Å². The van der Waals surface area contributed by atoms with Crippen molar-refractivity contribution in [3.05, 3.63) is 11.4 Å². The van der Waals surface area contributed by atoms with Gasteiger partial charge in [-0.15, -0.1) is 0 Å². The lowest BCUT2D eigenvalue weighted by atomic mass is 10.2. The van der Waals surface area contributed by atoms with Crippen molar-refractivity contribution in [1.29, 1.82) is 5.26 Å². The van der Waals surface area contributed by atoms with Gasteiger partial charge in [0.25, 0.3) is 5.91 Å². The Morgan fingerprint density at radius 2 is 2.07 bits per heavy atom. The minimum atomic E-state index is -0.420. The van der Waals surface area contributed by atoms with Gasteiger partial charge in [0.15, 0.2) is 5.57 Å². The van der Waals surface area contributed by atoms with E-state index in [1.165, 1.54) is 7.05 Å². The molecule has 1 aliphatic rings. The molecule has 0 unspecified atom stereocenters. The number of nitrogens with two attached hydrogens (primary N) is 1. The topological polar surface area (TPSA) is 82.1 Å². The van der Waals surface area contributed by atoms with Crippen LogP contribution in [0.3, 0.4) is 0 Å². The van der Waals surface area contributed by atoms with E-state index in [0.717, 1.165) is 25.9 Å². The molecule has 0 aromatic heterocycles. The SMILES string of the molecule is CNC(=O)/C(C#N)=C(\N)N1CCCC1. The molecule has 1 amide bonds. The maximum Gasteiger partial charge on any atom is 0.265 e. The molecule has 1 heterocycles. The zero-order chi connectivity index (χ0) is 10.6. The molecule has 1 rings (SSSR count). The van der Waals surface area contributed by atoms with Gasteiger partial charge in [-0.25, -0.2) is 0 Å². The fourth-order valence-electron chi connectivity index (χ4n) is 1.47. The smallest absolute Gasteiger partial charge is 0.265 e. The Labute approximate surface area is 83.2 Å². The van der Waals surface area contributed by atoms with Crippen LogP contribution in [-0.4, -0.2) is 30.9 Å². The van der Waals surface area contributed by atoms with Crippen LogP contribution in [0.4, 0.5) is 0 Å². The van der Waals surface area contributed by atoms with Crippen molar-refractivity contribution in [1.82, 2.24) is 10.2 Å². The second-order valence-electron chi connectivity index (χ2n) is 3.15. The van der Waals surface area contributed by atoms with Gasteiger partial charge in [0.1, 0.15) is 11.9 Å². The average Bonchev–Trinajstić information content (AvgIpc) is 2.71. The largest absolute Gasteiger partial charge is 0.384 e. The Morgan fingerprint density at radius 3 is 2.50 bits per heavy atom. The lowest BCUT2D eigenvalue weighted by Crippen LogP contribution is -2.31. The molecular formula is C9H14N4O. The molecule has 3 N–H and O–H groups in total. The van der Waals surface area contributed by atoms with Crippen molar-refractivity contribution in [3.63, 3.8) is 0 Å². The summed E-state index contributed by atoms with van der Waals surface area (Å²) in [7, 11) is 1.48. The summed E-state index contributed by atoms with van der Waals surface area (Å²) in [5, 5.41) is 11.2. The summed E-state index contributed by atoms with van der Waals surface area (Å²) in [4.78, 5) is 13.1. The summed E-state index contributed by atoms with van der Waals surface area (Å²) >= 11 is 0. The number of likely N-dealkylation sites (tertiary alicyclic amines) is 1. The number of rotatable bonds is 2. The molecule has 0 saturated carbocycles. The average molecular weight is 194 g/mol. The van der Waals surface area contributed by atoms with Crippen LogP contribution in [0.1, 0.15) is 12.8 Å². The number of likely N-dealkylation sites (N-methyl/N-ethyl adjacent to an activating group) is 1. The highest BCUT2D eigenvalue weighted by atomic mass is 16.1. The number of nitrogens with one attached hydrogen (secondary N) is 1. The van der Waals surface area contributed by atoms with Gasteiger partial charge in [-0.3, -0.25) is 4.79 Å². The van der Waals surface area contributed by atoms with Gasteiger partial charge in [0.05, 0.1) is 0 Å². The molecule has 5 heteroatoms. The number of carbonyl (C=O) groups is 1. The van der Waals surface area contributed by atoms with E-state index in [9.17, 15) is 4.79 Å². The quantitative estimate of drug-likeness (QED) is 0.459. The highest BCUT2D eigenvalue weighted by Gasteiger charge is 2.19. The van der Waals surface area contributed by atoms with E-state index in [1.54, 1.807) is 0 Å². The summed E-state index contributed by atoms with van der Waals surface area (Å²) < 4.78 is 0. The van der Waals surface area contributed by atoms with Gasteiger partial charge in [-0.1, -0.05) is 0 Å². The predicted molar refractivity (Wildman–Crippen MR) is 51.7 cm³/mol. The van der Waals surface area contributed by atoms with Crippen LogP contribution in [0.25, 0.3) is 0 Å². The van der Waals surface area contributed by atoms with Crippen molar-refractivity contribution in [3.8, 4) is 6.07 Å². The summed E-state index contributed by atoms with van der Waals surface area (Å²) in [6.45, 7) is 1.65. The van der Waals surface area contributed by atoms with Crippen molar-refractivity contribution in [2.75, 3.05) is 20.1 Å². The highest BCUT2D eigenvalue weighted by Crippen LogP contribution is 2.13. The van der Waals surface area contributed by atoms with Gasteiger partial charge in [0.2, 0.25) is 0 Å². The Kier molecular flexibility index (Phi) is 3.35. The maximum absolute atomic E-state index is 11.2. The van der Waals surface area contributed by atoms with Crippen molar-refractivity contribution in [2.24, 2.45) is 5.73 Å². The molecule has 0 aromatic carbocycles. The summed E-state index contributed by atoms with van der Waals surface area (Å²) in [6.07, 6.45) is 2.13. The molecule has 1 fully saturated rings. The van der Waals surface area contributed by atoms with E-state index in [-0.39, 0.29) is 5.57 Å². The van der Waals surface area contributed by atoms with E-state index in [1.807, 2.05) is 11.0 Å². The third-order valence-corrected chi connectivity index (χ3v) is 2.27. The molecule has 1 saturated heterocycles. The van der Waals surface area contributed by atoms with Crippen LogP contribution < -0.4 is 11.1 Å². The molecule has 0 bridgehead atoms. The first-order valence-electron chi connectivity index (χ1n) is 4.57. The molecule has 5 nitrogen and oxygen atoms in total. The van der Waals surface area contributed by atoms with Crippen LogP contribution in [0.5, 0.6) is 0 Å². The number of carbonyl (C=O) groups excluding carboxylic acids is 1. The molecule has 0 radical (unpaired) electrons. The van der Waals surface area contributed by atoms with Crippen molar-refractivity contribution < 1.29 is 4.79 Å². The first kappa shape index (κ1) is 10.4. The first-order chi connectivity index (χ1) is 6.70. The van der Waals surface area contributed by atoms with E-state index in [2.05, 4.69) is 5.32 Å². The number of amides is 1. The summed E-state index contributed by atoms with van der Waals surface area (Å²) in [6, 6.07) is 1.83. The molecule has 0 aliphatic carbocycles. The Bertz CT molecular complexity index is 296. The third-order valence-electron chi connectivity index (χ3n) is 2.27. The van der Waals surface area contributed by atoms with Gasteiger partial charge < -0.3 is 16.0 Å². The Morgan fingerprint density at radius 1 is 1.50 bits per heavy atom. The lowest BCUT2D eigenvalue weighted by molar-refractivity contribution is -0.116. The number of nitrogens with zero attached hydrogens (tertiary/aromatic N) is 2. The molecule has 1 aliphatic heterocycles. The van der Waals surface area contributed by atoms with Crippen LogP contribution in [0.2, 0.25) is 0 Å². The monoisotopic (exact) mass is 194 g/mol. The minimum Gasteiger partial charge on any atom is -0.384 e. The summed E-state index contributed by atoms with van der Waals surface area (Å²) in [5.41, 5.74) is 5.74. The van der Waals surface area contributed by atoms with Crippen LogP contribution in [0.15, 0.2) is 11.4 Å². The lowest BCUT2D eigenvalue weighted by Gasteiger charge is -2.18. The van der Waals surface area contributed by atoms with Crippen molar-refractivity contribution >= 4 is 5.91 Å². The zero-order valence-electron chi connectivity index (χ0n) is 8.21. The number of nitriles is 1. The maximum atomic E-state index is 11.2. The third kappa shape index (κ3) is 1.96.